The quantitative estimate of drug-likeness (QED) is 0.659. The molecule has 26 heavy (non-hydrogen) atoms. The van der Waals surface area contributed by atoms with Crippen molar-refractivity contribution in [2.75, 3.05) is 0 Å². The monoisotopic (exact) mass is 349 g/mol. The van der Waals surface area contributed by atoms with Gasteiger partial charge in [-0.3, -0.25) is 4.79 Å². The summed E-state index contributed by atoms with van der Waals surface area (Å²) >= 11 is 0. The van der Waals surface area contributed by atoms with Gasteiger partial charge < -0.3 is 15.4 Å². The molecule has 1 aliphatic rings. The number of aliphatic hydroxyl groups is 1. The summed E-state index contributed by atoms with van der Waals surface area (Å²) in [5.41, 5.74) is 3.20. The molecule has 1 saturated carbocycles. The lowest BCUT2D eigenvalue weighted by atomic mass is 9.97. The standard InChI is InChI=1S/C21H23N3O2/c25-19(13-21(26)11-3-4-12-21)22-14-15-7-9-16(10-8-15)20-23-17-5-1-2-6-18(17)24-20/h1-2,5-10,26H,3-4,11-14H2,(H,22,25)(H,23,24). The van der Waals surface area contributed by atoms with Crippen LogP contribution >= 0.6 is 0 Å². The minimum Gasteiger partial charge on any atom is -0.389 e. The van der Waals surface area contributed by atoms with Crippen molar-refractivity contribution in [2.24, 2.45) is 0 Å². The number of benzene rings is 2. The highest BCUT2D eigenvalue weighted by atomic mass is 16.3. The first kappa shape index (κ1) is 16.8. The SMILES string of the molecule is O=C(CC1(O)CCCC1)NCc1ccc(-c2nc3ccccc3[nH]2)cc1. The van der Waals surface area contributed by atoms with Crippen LogP contribution in [0.5, 0.6) is 0 Å². The van der Waals surface area contributed by atoms with Crippen LogP contribution in [0.3, 0.4) is 0 Å². The minimum atomic E-state index is -0.796. The Morgan fingerprint density at radius 2 is 1.85 bits per heavy atom. The highest BCUT2D eigenvalue weighted by Gasteiger charge is 2.33. The number of carbonyl (C=O) groups is 1. The molecule has 4 rings (SSSR count). The fourth-order valence-electron chi connectivity index (χ4n) is 3.64. The van der Waals surface area contributed by atoms with Crippen LogP contribution < -0.4 is 5.32 Å². The second-order valence-electron chi connectivity index (χ2n) is 7.18. The number of carbonyl (C=O) groups excluding carboxylic acids is 1. The molecule has 0 spiro atoms. The van der Waals surface area contributed by atoms with E-state index >= 15 is 0 Å². The largest absolute Gasteiger partial charge is 0.389 e. The molecule has 1 amide bonds. The third-order valence-corrected chi connectivity index (χ3v) is 5.13. The number of aromatic nitrogens is 2. The van der Waals surface area contributed by atoms with E-state index in [1.807, 2.05) is 48.5 Å². The molecule has 1 aliphatic carbocycles. The lowest BCUT2D eigenvalue weighted by Crippen LogP contribution is -2.34. The third-order valence-electron chi connectivity index (χ3n) is 5.13. The summed E-state index contributed by atoms with van der Waals surface area (Å²) in [7, 11) is 0. The van der Waals surface area contributed by atoms with Crippen LogP contribution in [0.2, 0.25) is 0 Å². The zero-order valence-corrected chi connectivity index (χ0v) is 14.7. The maximum atomic E-state index is 12.1. The van der Waals surface area contributed by atoms with Crippen molar-refractivity contribution in [3.05, 3.63) is 54.1 Å². The smallest absolute Gasteiger partial charge is 0.223 e. The van der Waals surface area contributed by atoms with Gasteiger partial charge in [0.15, 0.2) is 0 Å². The molecule has 0 saturated heterocycles. The van der Waals surface area contributed by atoms with Gasteiger partial charge in [-0.25, -0.2) is 4.98 Å². The van der Waals surface area contributed by atoms with Crippen LogP contribution in [0.4, 0.5) is 0 Å². The van der Waals surface area contributed by atoms with E-state index in [0.29, 0.717) is 6.54 Å². The summed E-state index contributed by atoms with van der Waals surface area (Å²) in [6, 6.07) is 15.9. The molecule has 0 atom stereocenters. The Labute approximate surface area is 152 Å². The normalized spacial score (nSPS) is 16.0. The number of aromatic amines is 1. The molecule has 2 aromatic carbocycles. The summed E-state index contributed by atoms with van der Waals surface area (Å²) in [4.78, 5) is 20.0. The molecule has 0 aliphatic heterocycles. The Hall–Kier alpha value is -2.66. The topological polar surface area (TPSA) is 78.0 Å². The Morgan fingerprint density at radius 1 is 1.12 bits per heavy atom. The molecule has 3 N–H and O–H groups in total. The molecule has 1 aromatic heterocycles. The van der Waals surface area contributed by atoms with E-state index in [-0.39, 0.29) is 12.3 Å². The number of hydrogen-bond donors (Lipinski definition) is 3. The average Bonchev–Trinajstić information content (AvgIpc) is 3.26. The fourth-order valence-corrected chi connectivity index (χ4v) is 3.64. The first-order valence-electron chi connectivity index (χ1n) is 9.14. The van der Waals surface area contributed by atoms with E-state index in [1.54, 1.807) is 0 Å². The van der Waals surface area contributed by atoms with Gasteiger partial charge in [0, 0.05) is 12.1 Å². The number of hydrogen-bond acceptors (Lipinski definition) is 3. The number of nitrogens with one attached hydrogen (secondary N) is 2. The molecule has 3 aromatic rings. The van der Waals surface area contributed by atoms with Gasteiger partial charge in [0.25, 0.3) is 0 Å². The molecule has 5 nitrogen and oxygen atoms in total. The van der Waals surface area contributed by atoms with Gasteiger partial charge in [0.1, 0.15) is 5.82 Å². The van der Waals surface area contributed by atoms with E-state index in [9.17, 15) is 9.90 Å². The number of para-hydroxylation sites is 2. The number of imidazole rings is 1. The second-order valence-corrected chi connectivity index (χ2v) is 7.18. The predicted molar refractivity (Wildman–Crippen MR) is 101 cm³/mol. The fraction of sp³-hybridized carbons (Fsp3) is 0.333. The summed E-state index contributed by atoms with van der Waals surface area (Å²) in [5, 5.41) is 13.2. The van der Waals surface area contributed by atoms with Crippen LogP contribution in [-0.2, 0) is 11.3 Å². The molecule has 1 heterocycles. The van der Waals surface area contributed by atoms with Crippen molar-refractivity contribution >= 4 is 16.9 Å². The van der Waals surface area contributed by atoms with Crippen molar-refractivity contribution < 1.29 is 9.90 Å². The average molecular weight is 349 g/mol. The van der Waals surface area contributed by atoms with E-state index in [2.05, 4.69) is 15.3 Å². The Bertz CT molecular complexity index is 875. The zero-order valence-electron chi connectivity index (χ0n) is 14.7. The maximum Gasteiger partial charge on any atom is 0.223 e. The molecule has 0 radical (unpaired) electrons. The lowest BCUT2D eigenvalue weighted by Gasteiger charge is -2.21. The van der Waals surface area contributed by atoms with Gasteiger partial charge in [0.2, 0.25) is 5.91 Å². The minimum absolute atomic E-state index is 0.0873. The summed E-state index contributed by atoms with van der Waals surface area (Å²) in [6.45, 7) is 0.468. The molecule has 0 unspecified atom stereocenters. The Morgan fingerprint density at radius 3 is 2.58 bits per heavy atom. The van der Waals surface area contributed by atoms with Crippen LogP contribution in [0, 0.1) is 0 Å². The lowest BCUT2D eigenvalue weighted by molar-refractivity contribution is -0.126. The van der Waals surface area contributed by atoms with Gasteiger partial charge in [-0.2, -0.15) is 0 Å². The van der Waals surface area contributed by atoms with Crippen molar-refractivity contribution in [3.8, 4) is 11.4 Å². The summed E-state index contributed by atoms with van der Waals surface area (Å²) in [6.07, 6.45) is 3.67. The molecular formula is C21H23N3O2. The molecule has 134 valence electrons. The van der Waals surface area contributed by atoms with Crippen molar-refractivity contribution in [2.45, 2.75) is 44.2 Å². The predicted octanol–water partition coefficient (Wildman–Crippen LogP) is 3.54. The molecular weight excluding hydrogens is 326 g/mol. The number of rotatable bonds is 5. The summed E-state index contributed by atoms with van der Waals surface area (Å²) in [5.74, 6) is 0.751. The highest BCUT2D eigenvalue weighted by Crippen LogP contribution is 2.32. The number of H-pyrrole nitrogens is 1. The van der Waals surface area contributed by atoms with Gasteiger partial charge >= 0.3 is 0 Å². The second kappa shape index (κ2) is 6.92. The summed E-state index contributed by atoms with van der Waals surface area (Å²) < 4.78 is 0. The Kier molecular flexibility index (Phi) is 4.47. The highest BCUT2D eigenvalue weighted by molar-refractivity contribution is 5.79. The first-order valence-corrected chi connectivity index (χ1v) is 9.14. The first-order chi connectivity index (χ1) is 12.6. The van der Waals surface area contributed by atoms with Crippen LogP contribution in [0.15, 0.2) is 48.5 Å². The maximum absolute atomic E-state index is 12.1. The third kappa shape index (κ3) is 3.63. The van der Waals surface area contributed by atoms with Gasteiger partial charge in [-0.15, -0.1) is 0 Å². The van der Waals surface area contributed by atoms with Crippen LogP contribution in [0.1, 0.15) is 37.7 Å². The van der Waals surface area contributed by atoms with Crippen molar-refractivity contribution in [1.82, 2.24) is 15.3 Å². The van der Waals surface area contributed by atoms with Crippen molar-refractivity contribution in [3.63, 3.8) is 0 Å². The number of nitrogens with zero attached hydrogens (tertiary/aromatic N) is 1. The molecule has 1 fully saturated rings. The van der Waals surface area contributed by atoms with Gasteiger partial charge in [-0.1, -0.05) is 49.2 Å². The van der Waals surface area contributed by atoms with E-state index < -0.39 is 5.60 Å². The number of fused-ring (bicyclic) bond motifs is 1. The zero-order chi connectivity index (χ0) is 18.0. The van der Waals surface area contributed by atoms with Crippen LogP contribution in [0.25, 0.3) is 22.4 Å². The number of amides is 1. The molecule has 0 bridgehead atoms. The van der Waals surface area contributed by atoms with Gasteiger partial charge in [0.05, 0.1) is 23.1 Å². The van der Waals surface area contributed by atoms with E-state index in [4.69, 9.17) is 0 Å². The Balaban J connectivity index is 1.37. The van der Waals surface area contributed by atoms with E-state index in [1.165, 1.54) is 0 Å². The van der Waals surface area contributed by atoms with Crippen molar-refractivity contribution in [1.29, 1.82) is 0 Å². The van der Waals surface area contributed by atoms with E-state index in [0.717, 1.165) is 53.7 Å². The van der Waals surface area contributed by atoms with Gasteiger partial charge in [-0.05, 0) is 30.5 Å². The molecule has 5 heteroatoms. The van der Waals surface area contributed by atoms with Crippen LogP contribution in [-0.4, -0.2) is 26.6 Å².